The van der Waals surface area contributed by atoms with E-state index in [2.05, 4.69) is 35.4 Å². The Morgan fingerprint density at radius 3 is 3.09 bits per heavy atom. The summed E-state index contributed by atoms with van der Waals surface area (Å²) in [6.07, 6.45) is 4.17. The van der Waals surface area contributed by atoms with Crippen LogP contribution in [0.2, 0.25) is 0 Å². The lowest BCUT2D eigenvalue weighted by molar-refractivity contribution is -0.131. The van der Waals surface area contributed by atoms with E-state index in [4.69, 9.17) is 10.5 Å². The minimum atomic E-state index is -0.334. The highest BCUT2D eigenvalue weighted by molar-refractivity contribution is 5.86. The molecule has 1 aliphatic heterocycles. The smallest absolute Gasteiger partial charge is 0.249 e. The Morgan fingerprint density at radius 2 is 2.32 bits per heavy atom. The lowest BCUT2D eigenvalue weighted by Crippen LogP contribution is -2.36. The van der Waals surface area contributed by atoms with Gasteiger partial charge in [-0.15, -0.1) is 0 Å². The summed E-state index contributed by atoms with van der Waals surface area (Å²) >= 11 is 0. The van der Waals surface area contributed by atoms with E-state index in [0.29, 0.717) is 13.1 Å². The van der Waals surface area contributed by atoms with E-state index in [9.17, 15) is 4.79 Å². The largest absolute Gasteiger partial charge is 0.364 e. The van der Waals surface area contributed by atoms with Crippen molar-refractivity contribution in [1.29, 1.82) is 0 Å². The molecule has 0 unspecified atom stereocenters. The average molecular weight is 301 g/mol. The third kappa shape index (κ3) is 3.00. The van der Waals surface area contributed by atoms with E-state index in [-0.39, 0.29) is 18.1 Å². The van der Waals surface area contributed by atoms with Gasteiger partial charge in [0.05, 0.1) is 6.10 Å². The zero-order valence-electron chi connectivity index (χ0n) is 12.9. The molecule has 22 heavy (non-hydrogen) atoms. The third-order valence-corrected chi connectivity index (χ3v) is 4.37. The molecule has 0 bridgehead atoms. The van der Waals surface area contributed by atoms with Crippen LogP contribution in [0.4, 0.5) is 0 Å². The standard InChI is InChI=1S/C17H23N3O2/c1-11-3-2-4-14-12(10-20-16(11)14)7-8-19-17(21)15-6-5-13(9-18)22-15/h2-4,10,13,15,20H,5-9,18H2,1H3,(H,19,21)/t13-,15+/m1/s1. The zero-order valence-corrected chi connectivity index (χ0v) is 12.9. The fourth-order valence-corrected chi connectivity index (χ4v) is 3.08. The summed E-state index contributed by atoms with van der Waals surface area (Å²) in [6.45, 7) is 3.20. The predicted molar refractivity (Wildman–Crippen MR) is 86.7 cm³/mol. The number of ether oxygens (including phenoxy) is 1. The number of nitrogens with one attached hydrogen (secondary N) is 2. The highest BCUT2D eigenvalue weighted by atomic mass is 16.5. The molecule has 4 N–H and O–H groups in total. The Labute approximate surface area is 130 Å². The quantitative estimate of drug-likeness (QED) is 0.785. The summed E-state index contributed by atoms with van der Waals surface area (Å²) in [5.41, 5.74) is 9.20. The van der Waals surface area contributed by atoms with E-state index in [1.54, 1.807) is 0 Å². The van der Waals surface area contributed by atoms with Gasteiger partial charge in [0.1, 0.15) is 6.10 Å². The summed E-state index contributed by atoms with van der Waals surface area (Å²) < 4.78 is 5.60. The van der Waals surface area contributed by atoms with Gasteiger partial charge in [0, 0.05) is 30.2 Å². The van der Waals surface area contributed by atoms with Gasteiger partial charge in [-0.05, 0) is 37.3 Å². The molecule has 1 aromatic carbocycles. The van der Waals surface area contributed by atoms with Crippen molar-refractivity contribution in [3.8, 4) is 0 Å². The lowest BCUT2D eigenvalue weighted by atomic mass is 10.1. The fraction of sp³-hybridized carbons (Fsp3) is 0.471. The molecule has 1 aromatic heterocycles. The van der Waals surface area contributed by atoms with Crippen molar-refractivity contribution in [1.82, 2.24) is 10.3 Å². The first-order chi connectivity index (χ1) is 10.7. The fourth-order valence-electron chi connectivity index (χ4n) is 3.08. The van der Waals surface area contributed by atoms with Gasteiger partial charge in [0.25, 0.3) is 0 Å². The van der Waals surface area contributed by atoms with Crippen LogP contribution in [0.25, 0.3) is 10.9 Å². The number of nitrogens with two attached hydrogens (primary N) is 1. The maximum Gasteiger partial charge on any atom is 0.249 e. The highest BCUT2D eigenvalue weighted by Gasteiger charge is 2.29. The van der Waals surface area contributed by atoms with Crippen molar-refractivity contribution in [2.24, 2.45) is 5.73 Å². The molecule has 0 saturated carbocycles. The Bertz CT molecular complexity index is 665. The molecule has 3 rings (SSSR count). The van der Waals surface area contributed by atoms with Gasteiger partial charge in [-0.2, -0.15) is 0 Å². The van der Waals surface area contributed by atoms with E-state index in [1.165, 1.54) is 22.0 Å². The first-order valence-corrected chi connectivity index (χ1v) is 7.88. The summed E-state index contributed by atoms with van der Waals surface area (Å²) in [7, 11) is 0. The Hall–Kier alpha value is -1.85. The molecular formula is C17H23N3O2. The minimum Gasteiger partial charge on any atom is -0.364 e. The van der Waals surface area contributed by atoms with Gasteiger partial charge in [0.2, 0.25) is 5.91 Å². The molecule has 0 aliphatic carbocycles. The Balaban J connectivity index is 1.54. The number of fused-ring (bicyclic) bond motifs is 1. The van der Waals surface area contributed by atoms with Gasteiger partial charge in [-0.1, -0.05) is 18.2 Å². The van der Waals surface area contributed by atoms with E-state index in [1.807, 2.05) is 6.20 Å². The van der Waals surface area contributed by atoms with Crippen LogP contribution in [-0.2, 0) is 16.0 Å². The number of para-hydroxylation sites is 1. The van der Waals surface area contributed by atoms with Crippen LogP contribution in [-0.4, -0.2) is 36.2 Å². The second-order valence-corrected chi connectivity index (χ2v) is 5.91. The molecule has 0 spiro atoms. The van der Waals surface area contributed by atoms with E-state index < -0.39 is 0 Å². The normalized spacial score (nSPS) is 21.4. The number of carbonyl (C=O) groups is 1. The first kappa shape index (κ1) is 15.1. The number of amides is 1. The van der Waals surface area contributed by atoms with Crippen LogP contribution in [0.1, 0.15) is 24.0 Å². The van der Waals surface area contributed by atoms with E-state index in [0.717, 1.165) is 19.3 Å². The molecule has 1 fully saturated rings. The van der Waals surface area contributed by atoms with Crippen molar-refractivity contribution in [3.63, 3.8) is 0 Å². The molecule has 5 nitrogen and oxygen atoms in total. The Kier molecular flexibility index (Phi) is 4.45. The molecule has 1 amide bonds. The molecule has 2 aromatic rings. The second kappa shape index (κ2) is 6.50. The highest BCUT2D eigenvalue weighted by Crippen LogP contribution is 2.22. The molecule has 0 radical (unpaired) electrons. The molecule has 2 heterocycles. The van der Waals surface area contributed by atoms with Crippen molar-refractivity contribution in [2.75, 3.05) is 13.1 Å². The van der Waals surface area contributed by atoms with Crippen molar-refractivity contribution in [2.45, 2.75) is 38.4 Å². The van der Waals surface area contributed by atoms with Gasteiger partial charge in [-0.3, -0.25) is 4.79 Å². The molecule has 118 valence electrons. The number of aromatic amines is 1. The number of aryl methyl sites for hydroxylation is 1. The third-order valence-electron chi connectivity index (χ3n) is 4.37. The number of carbonyl (C=O) groups excluding carboxylic acids is 1. The summed E-state index contributed by atoms with van der Waals surface area (Å²) in [4.78, 5) is 15.4. The number of rotatable bonds is 5. The summed E-state index contributed by atoms with van der Waals surface area (Å²) in [5.74, 6) is -0.0213. The number of hydrogen-bond donors (Lipinski definition) is 3. The van der Waals surface area contributed by atoms with Crippen LogP contribution in [0.5, 0.6) is 0 Å². The lowest BCUT2D eigenvalue weighted by Gasteiger charge is -2.12. The number of hydrogen-bond acceptors (Lipinski definition) is 3. The minimum absolute atomic E-state index is 0.0213. The number of H-pyrrole nitrogens is 1. The van der Waals surface area contributed by atoms with Gasteiger partial charge in [-0.25, -0.2) is 0 Å². The second-order valence-electron chi connectivity index (χ2n) is 5.91. The molecular weight excluding hydrogens is 278 g/mol. The van der Waals surface area contributed by atoms with Crippen molar-refractivity contribution < 1.29 is 9.53 Å². The maximum absolute atomic E-state index is 12.1. The molecule has 2 atom stereocenters. The Morgan fingerprint density at radius 1 is 1.45 bits per heavy atom. The van der Waals surface area contributed by atoms with Gasteiger partial charge in [0.15, 0.2) is 0 Å². The number of aromatic nitrogens is 1. The maximum atomic E-state index is 12.1. The van der Waals surface area contributed by atoms with Crippen LogP contribution >= 0.6 is 0 Å². The molecule has 1 saturated heterocycles. The average Bonchev–Trinajstić information content (AvgIpc) is 3.15. The van der Waals surface area contributed by atoms with Gasteiger partial charge < -0.3 is 20.8 Å². The SMILES string of the molecule is Cc1cccc2c(CCNC(=O)[C@@H]3CC[C@H](CN)O3)c[nH]c12. The van der Waals surface area contributed by atoms with Crippen LogP contribution in [0.15, 0.2) is 24.4 Å². The summed E-state index contributed by atoms with van der Waals surface area (Å²) in [6, 6.07) is 6.27. The number of benzene rings is 1. The first-order valence-electron chi connectivity index (χ1n) is 7.88. The van der Waals surface area contributed by atoms with E-state index >= 15 is 0 Å². The van der Waals surface area contributed by atoms with Crippen LogP contribution in [0.3, 0.4) is 0 Å². The predicted octanol–water partition coefficient (Wildman–Crippen LogP) is 1.64. The van der Waals surface area contributed by atoms with Crippen molar-refractivity contribution >= 4 is 16.8 Å². The monoisotopic (exact) mass is 301 g/mol. The van der Waals surface area contributed by atoms with Gasteiger partial charge >= 0.3 is 0 Å². The molecule has 1 aliphatic rings. The van der Waals surface area contributed by atoms with Crippen LogP contribution in [0, 0.1) is 6.92 Å². The summed E-state index contributed by atoms with van der Waals surface area (Å²) in [5, 5.41) is 4.20. The topological polar surface area (TPSA) is 80.1 Å². The molecule has 5 heteroatoms. The van der Waals surface area contributed by atoms with Crippen molar-refractivity contribution in [3.05, 3.63) is 35.5 Å². The van der Waals surface area contributed by atoms with Crippen LogP contribution < -0.4 is 11.1 Å². The zero-order chi connectivity index (χ0) is 15.5.